The zero-order valence-electron chi connectivity index (χ0n) is 15.5. The zero-order valence-corrected chi connectivity index (χ0v) is 15.5. The number of carbonyl (C=O) groups is 1. The molecule has 0 heterocycles. The van der Waals surface area contributed by atoms with Crippen LogP contribution in [0.15, 0.2) is 53.3 Å². The van der Waals surface area contributed by atoms with Crippen LogP contribution in [0.4, 0.5) is 0 Å². The van der Waals surface area contributed by atoms with Crippen LogP contribution in [-0.2, 0) is 6.42 Å². The van der Waals surface area contributed by atoms with Crippen molar-refractivity contribution in [2.45, 2.75) is 59.8 Å². The Labute approximate surface area is 146 Å². The van der Waals surface area contributed by atoms with Crippen molar-refractivity contribution in [3.63, 3.8) is 0 Å². The van der Waals surface area contributed by atoms with Gasteiger partial charge in [0.1, 0.15) is 0 Å². The van der Waals surface area contributed by atoms with Gasteiger partial charge in [-0.05, 0) is 73.4 Å². The Morgan fingerprint density at radius 2 is 1.96 bits per heavy atom. The van der Waals surface area contributed by atoms with Crippen LogP contribution >= 0.6 is 0 Å². The van der Waals surface area contributed by atoms with E-state index in [1.54, 1.807) is 0 Å². The lowest BCUT2D eigenvalue weighted by molar-refractivity contribution is 0.0991. The van der Waals surface area contributed by atoms with Gasteiger partial charge in [0.25, 0.3) is 0 Å². The third-order valence-corrected chi connectivity index (χ3v) is 4.86. The first-order chi connectivity index (χ1) is 11.5. The van der Waals surface area contributed by atoms with Crippen LogP contribution in [0, 0.1) is 13.8 Å². The van der Waals surface area contributed by atoms with Gasteiger partial charge in [0.15, 0.2) is 5.78 Å². The Morgan fingerprint density at radius 3 is 2.58 bits per heavy atom. The van der Waals surface area contributed by atoms with E-state index in [-0.39, 0.29) is 5.78 Å². The van der Waals surface area contributed by atoms with E-state index >= 15 is 0 Å². The minimum Gasteiger partial charge on any atom is -0.294 e. The highest BCUT2D eigenvalue weighted by Gasteiger charge is 2.15. The first-order valence-corrected chi connectivity index (χ1v) is 8.92. The number of Topliss-reactive ketones (excluding diaryl/α,β-unsaturated/α-hetero) is 1. The summed E-state index contributed by atoms with van der Waals surface area (Å²) in [6.45, 7) is 12.2. The molecule has 0 fully saturated rings. The quantitative estimate of drug-likeness (QED) is 0.450. The highest BCUT2D eigenvalue weighted by Crippen LogP contribution is 2.27. The largest absolute Gasteiger partial charge is 0.294 e. The molecule has 1 nitrogen and oxygen atoms in total. The number of benzene rings is 1. The van der Waals surface area contributed by atoms with Gasteiger partial charge in [-0.25, -0.2) is 0 Å². The standard InChI is InChI=1S/C23H28O/c1-6-19(7-2)21-11-9-10-18(14-21)15-23(24)22-13-16(4)20(8-3)12-17(22)5/h11-14H,1,7-10,15H2,2-5H3. The molecular formula is C23H28O. The fourth-order valence-electron chi connectivity index (χ4n) is 3.40. The van der Waals surface area contributed by atoms with Gasteiger partial charge in [0.2, 0.25) is 0 Å². The normalized spacial score (nSPS) is 13.8. The molecule has 0 bridgehead atoms. The first-order valence-electron chi connectivity index (χ1n) is 8.92. The van der Waals surface area contributed by atoms with Crippen molar-refractivity contribution < 1.29 is 4.79 Å². The van der Waals surface area contributed by atoms with Crippen LogP contribution in [0.3, 0.4) is 0 Å². The number of allylic oxidation sites excluding steroid dienone is 5. The van der Waals surface area contributed by atoms with Gasteiger partial charge in [0, 0.05) is 12.0 Å². The molecule has 0 atom stereocenters. The summed E-state index contributed by atoms with van der Waals surface area (Å²) in [6, 6.07) is 4.23. The maximum atomic E-state index is 12.8. The molecule has 126 valence electrons. The summed E-state index contributed by atoms with van der Waals surface area (Å²) in [5.74, 6) is 0.228. The van der Waals surface area contributed by atoms with E-state index in [9.17, 15) is 4.79 Å². The van der Waals surface area contributed by atoms with E-state index in [0.29, 0.717) is 6.42 Å². The molecule has 0 saturated heterocycles. The molecule has 0 N–H and O–H groups in total. The van der Waals surface area contributed by atoms with Gasteiger partial charge < -0.3 is 0 Å². The van der Waals surface area contributed by atoms with Crippen molar-refractivity contribution in [3.8, 4) is 0 Å². The van der Waals surface area contributed by atoms with E-state index in [2.05, 4.69) is 57.4 Å². The molecule has 1 aliphatic rings. The average Bonchev–Trinajstić information content (AvgIpc) is 2.58. The Kier molecular flexibility index (Phi) is 6.17. The van der Waals surface area contributed by atoms with Crippen LogP contribution < -0.4 is 0 Å². The molecule has 0 amide bonds. The Morgan fingerprint density at radius 1 is 1.21 bits per heavy atom. The number of aryl methyl sites for hydroxylation is 3. The predicted molar refractivity (Wildman–Crippen MR) is 103 cm³/mol. The smallest absolute Gasteiger partial charge is 0.167 e. The monoisotopic (exact) mass is 320 g/mol. The molecule has 1 aromatic carbocycles. The second kappa shape index (κ2) is 8.13. The van der Waals surface area contributed by atoms with Crippen molar-refractivity contribution in [1.29, 1.82) is 0 Å². The molecule has 0 saturated carbocycles. The summed E-state index contributed by atoms with van der Waals surface area (Å²) in [7, 11) is 0. The number of hydrogen-bond acceptors (Lipinski definition) is 1. The van der Waals surface area contributed by atoms with Gasteiger partial charge in [-0.15, -0.1) is 5.73 Å². The fourth-order valence-corrected chi connectivity index (χ4v) is 3.40. The van der Waals surface area contributed by atoms with Gasteiger partial charge in [0.05, 0.1) is 0 Å². The third kappa shape index (κ3) is 4.04. The molecule has 1 aromatic rings. The van der Waals surface area contributed by atoms with Crippen molar-refractivity contribution in [2.24, 2.45) is 0 Å². The lowest BCUT2D eigenvalue weighted by Gasteiger charge is -2.16. The lowest BCUT2D eigenvalue weighted by atomic mass is 9.88. The zero-order chi connectivity index (χ0) is 17.7. The van der Waals surface area contributed by atoms with E-state index < -0.39 is 0 Å². The molecule has 0 unspecified atom stereocenters. The van der Waals surface area contributed by atoms with Crippen LogP contribution in [0.25, 0.3) is 0 Å². The molecule has 24 heavy (non-hydrogen) atoms. The Hall–Kier alpha value is -2.11. The molecule has 0 aromatic heterocycles. The first kappa shape index (κ1) is 18.2. The highest BCUT2D eigenvalue weighted by molar-refractivity contribution is 5.99. The van der Waals surface area contributed by atoms with Gasteiger partial charge in [-0.1, -0.05) is 44.2 Å². The van der Waals surface area contributed by atoms with Crippen LogP contribution in [0.5, 0.6) is 0 Å². The number of ketones is 1. The third-order valence-electron chi connectivity index (χ3n) is 4.86. The molecular weight excluding hydrogens is 292 g/mol. The molecule has 2 rings (SSSR count). The maximum absolute atomic E-state index is 12.8. The summed E-state index contributed by atoms with van der Waals surface area (Å²) in [5.41, 5.74) is 11.1. The van der Waals surface area contributed by atoms with Gasteiger partial charge >= 0.3 is 0 Å². The second-order valence-electron chi connectivity index (χ2n) is 6.56. The second-order valence-corrected chi connectivity index (χ2v) is 6.56. The summed E-state index contributed by atoms with van der Waals surface area (Å²) >= 11 is 0. The van der Waals surface area contributed by atoms with E-state index in [0.717, 1.165) is 42.4 Å². The van der Waals surface area contributed by atoms with Crippen LogP contribution in [-0.4, -0.2) is 5.78 Å². The van der Waals surface area contributed by atoms with E-state index in [1.165, 1.54) is 22.3 Å². The molecule has 0 aliphatic heterocycles. The molecule has 0 radical (unpaired) electrons. The summed E-state index contributed by atoms with van der Waals surface area (Å²) in [6.07, 6.45) is 8.80. The lowest BCUT2D eigenvalue weighted by Crippen LogP contribution is -2.07. The molecule has 0 spiro atoms. The maximum Gasteiger partial charge on any atom is 0.167 e. The summed E-state index contributed by atoms with van der Waals surface area (Å²) in [5, 5.41) is 0. The average molecular weight is 320 g/mol. The topological polar surface area (TPSA) is 17.1 Å². The minimum absolute atomic E-state index is 0.228. The van der Waals surface area contributed by atoms with E-state index in [1.807, 2.05) is 6.92 Å². The van der Waals surface area contributed by atoms with Crippen molar-refractivity contribution >= 4 is 5.78 Å². The van der Waals surface area contributed by atoms with Crippen LogP contribution in [0.2, 0.25) is 0 Å². The van der Waals surface area contributed by atoms with E-state index in [4.69, 9.17) is 0 Å². The van der Waals surface area contributed by atoms with Crippen LogP contribution in [0.1, 0.15) is 66.6 Å². The van der Waals surface area contributed by atoms with Crippen molar-refractivity contribution in [2.75, 3.05) is 0 Å². The summed E-state index contributed by atoms with van der Waals surface area (Å²) < 4.78 is 0. The Bertz CT molecular complexity index is 752. The SMILES string of the molecule is C=C=C(CC)C1=CCCC(CC(=O)c2cc(C)c(CC)cc2C)=C1. The Balaban J connectivity index is 2.23. The minimum atomic E-state index is 0.228. The van der Waals surface area contributed by atoms with Gasteiger partial charge in [-0.2, -0.15) is 0 Å². The summed E-state index contributed by atoms with van der Waals surface area (Å²) in [4.78, 5) is 12.8. The number of rotatable bonds is 6. The van der Waals surface area contributed by atoms with Crippen molar-refractivity contribution in [3.05, 3.63) is 75.6 Å². The van der Waals surface area contributed by atoms with Crippen molar-refractivity contribution in [1.82, 2.24) is 0 Å². The molecule has 1 heteroatoms. The predicted octanol–water partition coefficient (Wildman–Crippen LogP) is 6.21. The fraction of sp³-hybridized carbons (Fsp3) is 0.391. The van der Waals surface area contributed by atoms with Gasteiger partial charge in [-0.3, -0.25) is 4.79 Å². The highest BCUT2D eigenvalue weighted by atomic mass is 16.1. The molecule has 1 aliphatic carbocycles. The number of hydrogen-bond donors (Lipinski definition) is 0. The number of carbonyl (C=O) groups excluding carboxylic acids is 1.